The summed E-state index contributed by atoms with van der Waals surface area (Å²) in [5, 5.41) is 1.40. The van der Waals surface area contributed by atoms with E-state index < -0.39 is 40.5 Å². The van der Waals surface area contributed by atoms with E-state index in [0.29, 0.717) is 0 Å². The molecule has 0 saturated heterocycles. The monoisotopic (exact) mass is 316 g/mol. The molecule has 0 saturated carbocycles. The molecule has 0 aliphatic heterocycles. The maximum atomic E-state index is 12.9. The van der Waals surface area contributed by atoms with Crippen molar-refractivity contribution in [2.24, 2.45) is 0 Å². The van der Waals surface area contributed by atoms with Crippen LogP contribution >= 0.6 is 11.6 Å². The Balaban J connectivity index is 3.60. The van der Waals surface area contributed by atoms with Gasteiger partial charge in [0.25, 0.3) is 5.24 Å². The summed E-state index contributed by atoms with van der Waals surface area (Å²) in [6.45, 7) is 0. The number of carbonyl (C=O) groups excluding carboxylic acids is 1. The minimum atomic E-state index is -6.30. The Morgan fingerprint density at radius 2 is 1.53 bits per heavy atom. The van der Waals surface area contributed by atoms with Crippen LogP contribution in [0.25, 0.3) is 0 Å². The molecule has 1 heterocycles. The molecule has 3 nitrogen and oxygen atoms in total. The van der Waals surface area contributed by atoms with E-state index in [0.717, 1.165) is 5.10 Å². The van der Waals surface area contributed by atoms with Crippen molar-refractivity contribution in [1.29, 1.82) is 0 Å². The Labute approximate surface area is 103 Å². The van der Waals surface area contributed by atoms with Crippen LogP contribution in [0.4, 0.5) is 35.1 Å². The molecule has 0 aromatic carbocycles. The van der Waals surface area contributed by atoms with Gasteiger partial charge in [0.05, 0.1) is 0 Å². The van der Waals surface area contributed by atoms with Gasteiger partial charge in [-0.3, -0.25) is 9.89 Å². The van der Waals surface area contributed by atoms with E-state index in [2.05, 4.69) is 16.7 Å². The van der Waals surface area contributed by atoms with Crippen molar-refractivity contribution in [3.8, 4) is 0 Å². The van der Waals surface area contributed by atoms with Crippen molar-refractivity contribution in [3.05, 3.63) is 17.0 Å². The minimum Gasteiger partial charge on any atom is -0.275 e. The first-order valence-electron chi connectivity index (χ1n) is 4.10. The maximum Gasteiger partial charge on any atom is 0.459 e. The Morgan fingerprint density at radius 1 is 1.05 bits per heavy atom. The molecule has 0 aliphatic rings. The number of aromatic amines is 1. The van der Waals surface area contributed by atoms with Crippen molar-refractivity contribution in [2.45, 2.75) is 18.3 Å². The zero-order valence-electron chi connectivity index (χ0n) is 8.26. The number of hydrogen-bond donors (Lipinski definition) is 1. The Kier molecular flexibility index (Phi) is 3.56. The van der Waals surface area contributed by atoms with Crippen LogP contribution in [0.3, 0.4) is 0 Å². The fraction of sp³-hybridized carbons (Fsp3) is 0.429. The van der Waals surface area contributed by atoms with Gasteiger partial charge in [0.15, 0.2) is 5.69 Å². The lowest BCUT2D eigenvalue weighted by molar-refractivity contribution is -0.292. The topological polar surface area (TPSA) is 45.8 Å². The fourth-order valence-electron chi connectivity index (χ4n) is 1.13. The van der Waals surface area contributed by atoms with Crippen molar-refractivity contribution in [1.82, 2.24) is 10.2 Å². The van der Waals surface area contributed by atoms with Gasteiger partial charge in [-0.1, -0.05) is 0 Å². The number of nitrogens with zero attached hydrogens (tertiary/aromatic N) is 1. The molecular formula is C7HClF8N2O. The lowest BCUT2D eigenvalue weighted by Gasteiger charge is -2.20. The Hall–Kier alpha value is -1.39. The summed E-state index contributed by atoms with van der Waals surface area (Å²) in [5.41, 5.74) is -6.89. The number of aromatic nitrogens is 2. The summed E-state index contributed by atoms with van der Waals surface area (Å²) < 4.78 is 99.2. The first-order chi connectivity index (χ1) is 8.30. The van der Waals surface area contributed by atoms with Crippen LogP contribution in [0, 0.1) is 0 Å². The second kappa shape index (κ2) is 4.32. The highest BCUT2D eigenvalue weighted by molar-refractivity contribution is 6.67. The van der Waals surface area contributed by atoms with Crippen LogP contribution in [0.5, 0.6) is 0 Å². The molecule has 12 heteroatoms. The van der Waals surface area contributed by atoms with Gasteiger partial charge >= 0.3 is 18.3 Å². The first kappa shape index (κ1) is 15.7. The summed E-state index contributed by atoms with van der Waals surface area (Å²) in [4.78, 5) is 10.6. The van der Waals surface area contributed by atoms with E-state index in [4.69, 9.17) is 0 Å². The number of alkyl halides is 8. The van der Waals surface area contributed by atoms with Crippen LogP contribution in [-0.4, -0.2) is 21.6 Å². The zero-order chi connectivity index (χ0) is 15.2. The van der Waals surface area contributed by atoms with Crippen LogP contribution in [0.15, 0.2) is 0 Å². The zero-order valence-corrected chi connectivity index (χ0v) is 9.01. The van der Waals surface area contributed by atoms with Gasteiger partial charge in [-0.2, -0.15) is 40.2 Å². The smallest absolute Gasteiger partial charge is 0.275 e. The largest absolute Gasteiger partial charge is 0.459 e. The predicted molar refractivity (Wildman–Crippen MR) is 43.7 cm³/mol. The van der Waals surface area contributed by atoms with Crippen LogP contribution in [-0.2, 0) is 12.1 Å². The molecule has 0 atom stereocenters. The summed E-state index contributed by atoms with van der Waals surface area (Å²) in [7, 11) is 0. The second-order valence-electron chi connectivity index (χ2n) is 3.17. The molecule has 0 aliphatic carbocycles. The highest BCUT2D eigenvalue weighted by Crippen LogP contribution is 2.48. The third-order valence-electron chi connectivity index (χ3n) is 1.91. The van der Waals surface area contributed by atoms with Gasteiger partial charge in [-0.25, -0.2) is 0 Å². The fourth-order valence-corrected chi connectivity index (χ4v) is 1.27. The van der Waals surface area contributed by atoms with E-state index in [-0.39, 0.29) is 0 Å². The summed E-state index contributed by atoms with van der Waals surface area (Å²) in [6.07, 6.45) is -12.0. The minimum absolute atomic E-state index is 0.864. The normalized spacial score (nSPS) is 13.7. The van der Waals surface area contributed by atoms with E-state index in [1.165, 1.54) is 0 Å². The van der Waals surface area contributed by atoms with E-state index in [9.17, 15) is 39.9 Å². The Bertz CT molecular complexity index is 502. The molecule has 0 fully saturated rings. The second-order valence-corrected chi connectivity index (χ2v) is 3.51. The molecule has 108 valence electrons. The van der Waals surface area contributed by atoms with E-state index in [1.54, 1.807) is 0 Å². The number of H-pyrrole nitrogens is 1. The standard InChI is InChI=1S/C7HClF8N2O/c8-4(19)2-1(6(11,12)13)3(18-17-2)5(9,10)7(14,15)16/h(H,17,18). The average molecular weight is 317 g/mol. The highest BCUT2D eigenvalue weighted by atomic mass is 35.5. The lowest BCUT2D eigenvalue weighted by atomic mass is 10.1. The molecule has 1 N–H and O–H groups in total. The number of nitrogens with one attached hydrogen (secondary N) is 1. The molecule has 1 rings (SSSR count). The quantitative estimate of drug-likeness (QED) is 0.671. The van der Waals surface area contributed by atoms with Crippen molar-refractivity contribution in [3.63, 3.8) is 0 Å². The predicted octanol–water partition coefficient (Wildman–Crippen LogP) is 3.46. The number of rotatable bonds is 2. The maximum absolute atomic E-state index is 12.9. The van der Waals surface area contributed by atoms with Crippen molar-refractivity contribution >= 4 is 16.8 Å². The lowest BCUT2D eigenvalue weighted by Crippen LogP contribution is -2.36. The molecule has 1 aromatic heterocycles. The van der Waals surface area contributed by atoms with Gasteiger partial charge < -0.3 is 0 Å². The average Bonchev–Trinajstić information content (AvgIpc) is 2.58. The van der Waals surface area contributed by atoms with Gasteiger partial charge in [-0.05, 0) is 11.6 Å². The van der Waals surface area contributed by atoms with Gasteiger partial charge in [-0.15, -0.1) is 0 Å². The van der Waals surface area contributed by atoms with Gasteiger partial charge in [0, 0.05) is 0 Å². The number of halogens is 9. The molecule has 19 heavy (non-hydrogen) atoms. The van der Waals surface area contributed by atoms with Crippen LogP contribution in [0.1, 0.15) is 21.7 Å². The summed E-state index contributed by atoms with van der Waals surface area (Å²) in [6, 6.07) is 0. The van der Waals surface area contributed by atoms with Crippen LogP contribution < -0.4 is 0 Å². The third-order valence-corrected chi connectivity index (χ3v) is 2.08. The highest BCUT2D eigenvalue weighted by Gasteiger charge is 2.63. The molecular weight excluding hydrogens is 316 g/mol. The molecule has 0 unspecified atom stereocenters. The molecule has 0 bridgehead atoms. The molecule has 0 radical (unpaired) electrons. The van der Waals surface area contributed by atoms with Crippen LogP contribution in [0.2, 0.25) is 0 Å². The van der Waals surface area contributed by atoms with E-state index >= 15 is 0 Å². The Morgan fingerprint density at radius 3 is 1.84 bits per heavy atom. The number of hydrogen-bond acceptors (Lipinski definition) is 2. The number of carbonyl (C=O) groups is 1. The summed E-state index contributed by atoms with van der Waals surface area (Å²) >= 11 is 4.64. The van der Waals surface area contributed by atoms with Crippen molar-refractivity contribution < 1.29 is 39.9 Å². The third kappa shape index (κ3) is 2.65. The van der Waals surface area contributed by atoms with E-state index in [1.807, 2.05) is 0 Å². The van der Waals surface area contributed by atoms with Gasteiger partial charge in [0.2, 0.25) is 0 Å². The summed E-state index contributed by atoms with van der Waals surface area (Å²) in [5.74, 6) is -5.87. The SMILES string of the molecule is O=C(Cl)c1n[nH]c(C(F)(F)C(F)(F)F)c1C(F)(F)F. The molecule has 1 aromatic rings. The van der Waals surface area contributed by atoms with Gasteiger partial charge in [0.1, 0.15) is 11.3 Å². The first-order valence-corrected chi connectivity index (χ1v) is 4.48. The van der Waals surface area contributed by atoms with Crippen molar-refractivity contribution in [2.75, 3.05) is 0 Å². The molecule has 0 spiro atoms. The molecule has 0 amide bonds.